The summed E-state index contributed by atoms with van der Waals surface area (Å²) < 4.78 is 1.70. The average Bonchev–Trinajstić information content (AvgIpc) is 2.39. The van der Waals surface area contributed by atoms with Crippen LogP contribution in [0.4, 0.5) is 0 Å². The normalized spacial score (nSPS) is 16.2. The molecule has 0 radical (unpaired) electrons. The van der Waals surface area contributed by atoms with Gasteiger partial charge < -0.3 is 0 Å². The molecular formula is C13H20Cl2NO+. The first-order chi connectivity index (χ1) is 8.19. The molecule has 4 heteroatoms. The molecule has 0 spiro atoms. The van der Waals surface area contributed by atoms with Crippen molar-refractivity contribution < 1.29 is 9.57 Å². The van der Waals surface area contributed by atoms with Crippen LogP contribution in [0.25, 0.3) is 0 Å². The molecule has 0 amide bonds. The first kappa shape index (κ1) is 14.6. The largest absolute Gasteiger partial charge is 0.271 e. The Hall–Kier alpha value is -0.470. The van der Waals surface area contributed by atoms with E-state index in [-0.39, 0.29) is 16.7 Å². The number of pyridine rings is 1. The third-order valence-electron chi connectivity index (χ3n) is 2.84. The zero-order chi connectivity index (χ0) is 12.7. The smallest absolute Gasteiger partial charge is 0.222 e. The number of hydrogen-bond donors (Lipinski definition) is 0. The Morgan fingerprint density at radius 2 is 1.71 bits per heavy atom. The quantitative estimate of drug-likeness (QED) is 0.551. The molecule has 0 saturated carbocycles. The monoisotopic (exact) mass is 276 g/mol. The van der Waals surface area contributed by atoms with E-state index in [1.54, 1.807) is 4.73 Å². The Balaban J connectivity index is 2.47. The SMILES string of the molecule is CCC(Cl)C(Cl)C(CC)CO[n+]1ccccc1. The molecule has 1 rings (SSSR count). The van der Waals surface area contributed by atoms with Gasteiger partial charge in [0.05, 0.1) is 10.8 Å². The van der Waals surface area contributed by atoms with E-state index in [1.165, 1.54) is 0 Å². The van der Waals surface area contributed by atoms with Gasteiger partial charge in [-0.3, -0.25) is 4.84 Å². The van der Waals surface area contributed by atoms with Gasteiger partial charge in [0, 0.05) is 22.8 Å². The zero-order valence-electron chi connectivity index (χ0n) is 10.4. The topological polar surface area (TPSA) is 13.1 Å². The minimum Gasteiger partial charge on any atom is -0.271 e. The summed E-state index contributed by atoms with van der Waals surface area (Å²) in [6, 6.07) is 5.80. The van der Waals surface area contributed by atoms with Gasteiger partial charge in [0.15, 0.2) is 6.61 Å². The lowest BCUT2D eigenvalue weighted by atomic mass is 9.99. The Bertz CT molecular complexity index is 308. The second-order valence-corrected chi connectivity index (χ2v) is 5.13. The van der Waals surface area contributed by atoms with Gasteiger partial charge in [-0.25, -0.2) is 0 Å². The van der Waals surface area contributed by atoms with Crippen molar-refractivity contribution in [2.45, 2.75) is 37.4 Å². The summed E-state index contributed by atoms with van der Waals surface area (Å²) in [4.78, 5) is 5.65. The minimum absolute atomic E-state index is 0.00555. The second-order valence-electron chi connectivity index (χ2n) is 4.07. The summed E-state index contributed by atoms with van der Waals surface area (Å²) in [5.74, 6) is 0.270. The highest BCUT2D eigenvalue weighted by atomic mass is 35.5. The van der Waals surface area contributed by atoms with Crippen LogP contribution >= 0.6 is 23.2 Å². The number of halogens is 2. The van der Waals surface area contributed by atoms with Crippen LogP contribution in [0.15, 0.2) is 30.6 Å². The standard InChI is InChI=1S/C13H20Cl2NO/c1-3-11(13(15)12(14)4-2)10-17-16-8-6-5-7-9-16/h5-9,11-13H,3-4,10H2,1-2H3/q+1. The van der Waals surface area contributed by atoms with Gasteiger partial charge in [-0.2, -0.15) is 0 Å². The Morgan fingerprint density at radius 3 is 2.24 bits per heavy atom. The van der Waals surface area contributed by atoms with Crippen LogP contribution in [0.1, 0.15) is 26.7 Å². The first-order valence-electron chi connectivity index (χ1n) is 6.06. The van der Waals surface area contributed by atoms with E-state index in [0.29, 0.717) is 6.61 Å². The van der Waals surface area contributed by atoms with Gasteiger partial charge in [-0.1, -0.05) is 19.9 Å². The molecule has 96 valence electrons. The lowest BCUT2D eigenvalue weighted by Gasteiger charge is -2.22. The summed E-state index contributed by atoms with van der Waals surface area (Å²) in [5.41, 5.74) is 0. The maximum absolute atomic E-state index is 6.34. The Morgan fingerprint density at radius 1 is 1.06 bits per heavy atom. The highest BCUT2D eigenvalue weighted by molar-refractivity contribution is 6.30. The molecular weight excluding hydrogens is 257 g/mol. The molecule has 0 bridgehead atoms. The van der Waals surface area contributed by atoms with E-state index in [0.717, 1.165) is 12.8 Å². The van der Waals surface area contributed by atoms with Crippen molar-refractivity contribution in [1.82, 2.24) is 0 Å². The maximum atomic E-state index is 6.34. The fourth-order valence-electron chi connectivity index (χ4n) is 1.61. The fraction of sp³-hybridized carbons (Fsp3) is 0.615. The molecule has 1 aromatic rings. The van der Waals surface area contributed by atoms with Crippen LogP contribution in [-0.4, -0.2) is 17.4 Å². The van der Waals surface area contributed by atoms with E-state index >= 15 is 0 Å². The summed E-state index contributed by atoms with van der Waals surface area (Å²) in [6.45, 7) is 4.74. The minimum atomic E-state index is -0.0454. The third kappa shape index (κ3) is 4.72. The summed E-state index contributed by atoms with van der Waals surface area (Å²) in [6.07, 6.45) is 5.58. The van der Waals surface area contributed by atoms with Crippen molar-refractivity contribution in [3.05, 3.63) is 30.6 Å². The van der Waals surface area contributed by atoms with Crippen LogP contribution in [0.2, 0.25) is 0 Å². The van der Waals surface area contributed by atoms with Gasteiger partial charge in [-0.15, -0.1) is 23.2 Å². The molecule has 0 aliphatic carbocycles. The van der Waals surface area contributed by atoms with Crippen molar-refractivity contribution in [3.63, 3.8) is 0 Å². The molecule has 1 aromatic heterocycles. The molecule has 0 aliphatic heterocycles. The maximum Gasteiger partial charge on any atom is 0.222 e. The third-order valence-corrected chi connectivity index (χ3v) is 4.21. The lowest BCUT2D eigenvalue weighted by molar-refractivity contribution is -0.892. The van der Waals surface area contributed by atoms with Crippen molar-refractivity contribution in [3.8, 4) is 0 Å². The van der Waals surface area contributed by atoms with E-state index in [9.17, 15) is 0 Å². The molecule has 1 heterocycles. The van der Waals surface area contributed by atoms with E-state index in [4.69, 9.17) is 28.0 Å². The lowest BCUT2D eigenvalue weighted by Crippen LogP contribution is -2.45. The van der Waals surface area contributed by atoms with Crippen LogP contribution in [0, 0.1) is 5.92 Å². The summed E-state index contributed by atoms with van der Waals surface area (Å²) in [5, 5.41) is -0.0398. The molecule has 0 N–H and O–H groups in total. The number of rotatable bonds is 7. The summed E-state index contributed by atoms with van der Waals surface area (Å²) >= 11 is 12.5. The highest BCUT2D eigenvalue weighted by Gasteiger charge is 2.26. The van der Waals surface area contributed by atoms with Crippen LogP contribution < -0.4 is 9.57 Å². The molecule has 0 aromatic carbocycles. The van der Waals surface area contributed by atoms with Crippen molar-refractivity contribution in [2.75, 3.05) is 6.61 Å². The molecule has 17 heavy (non-hydrogen) atoms. The van der Waals surface area contributed by atoms with Crippen LogP contribution in [0.5, 0.6) is 0 Å². The predicted molar refractivity (Wildman–Crippen MR) is 71.4 cm³/mol. The second kappa shape index (κ2) is 7.78. The van der Waals surface area contributed by atoms with E-state index in [1.807, 2.05) is 37.5 Å². The van der Waals surface area contributed by atoms with E-state index in [2.05, 4.69) is 6.92 Å². The fourth-order valence-corrected chi connectivity index (χ4v) is 2.24. The van der Waals surface area contributed by atoms with E-state index < -0.39 is 0 Å². The molecule has 3 unspecified atom stereocenters. The molecule has 0 fully saturated rings. The number of hydrogen-bond acceptors (Lipinski definition) is 1. The Labute approximate surface area is 113 Å². The van der Waals surface area contributed by atoms with Gasteiger partial charge in [-0.05, 0) is 12.8 Å². The molecule has 3 atom stereocenters. The number of alkyl halides is 2. The zero-order valence-corrected chi connectivity index (χ0v) is 11.9. The van der Waals surface area contributed by atoms with Gasteiger partial charge >= 0.3 is 0 Å². The van der Waals surface area contributed by atoms with Gasteiger partial charge in [0.1, 0.15) is 0 Å². The number of nitrogens with zero attached hydrogens (tertiary/aromatic N) is 1. The van der Waals surface area contributed by atoms with Crippen molar-refractivity contribution >= 4 is 23.2 Å². The number of aromatic nitrogens is 1. The molecule has 0 saturated heterocycles. The van der Waals surface area contributed by atoms with Crippen molar-refractivity contribution in [1.29, 1.82) is 0 Å². The first-order valence-corrected chi connectivity index (χ1v) is 6.94. The predicted octanol–water partition coefficient (Wildman–Crippen LogP) is 3.05. The highest BCUT2D eigenvalue weighted by Crippen LogP contribution is 2.23. The van der Waals surface area contributed by atoms with Gasteiger partial charge in [0.2, 0.25) is 12.4 Å². The van der Waals surface area contributed by atoms with Crippen LogP contribution in [-0.2, 0) is 0 Å². The molecule has 0 aliphatic rings. The van der Waals surface area contributed by atoms with Crippen molar-refractivity contribution in [2.24, 2.45) is 5.92 Å². The summed E-state index contributed by atoms with van der Waals surface area (Å²) in [7, 11) is 0. The Kier molecular flexibility index (Phi) is 6.68. The average molecular weight is 277 g/mol. The van der Waals surface area contributed by atoms with Gasteiger partial charge in [0.25, 0.3) is 0 Å². The van der Waals surface area contributed by atoms with Crippen LogP contribution in [0.3, 0.4) is 0 Å². The molecule has 2 nitrogen and oxygen atoms in total.